The third-order valence-electron chi connectivity index (χ3n) is 4.35. The lowest BCUT2D eigenvalue weighted by Gasteiger charge is -2.19. The summed E-state index contributed by atoms with van der Waals surface area (Å²) in [5.74, 6) is -5.22. The van der Waals surface area contributed by atoms with E-state index < -0.39 is 56.0 Å². The average molecular weight is 458 g/mol. The van der Waals surface area contributed by atoms with Crippen molar-refractivity contribution in [1.29, 1.82) is 0 Å². The van der Waals surface area contributed by atoms with Gasteiger partial charge in [0, 0.05) is 13.1 Å². The van der Waals surface area contributed by atoms with Gasteiger partial charge in [0.15, 0.2) is 6.10 Å². The first-order chi connectivity index (χ1) is 14.5. The largest absolute Gasteiger partial charge is 0.449 e. The van der Waals surface area contributed by atoms with E-state index in [1.54, 1.807) is 13.8 Å². The molecule has 0 aliphatic carbocycles. The van der Waals surface area contributed by atoms with Gasteiger partial charge in [-0.25, -0.2) is 26.4 Å². The molecule has 7 nitrogen and oxygen atoms in total. The lowest BCUT2D eigenvalue weighted by atomic mass is 10.2. The summed E-state index contributed by atoms with van der Waals surface area (Å²) in [4.78, 5) is 23.8. The standard InChI is InChI=1S/C20H21F3N2O5S/c1-4-25(5-2)31(28,29)17-11-13(9-10-14(17)21)20(27)30-12(3)19(26)24-18-15(22)7-6-8-16(18)23/h6-12H,4-5H2,1-3H3,(H,24,26). The van der Waals surface area contributed by atoms with Crippen LogP contribution in [0.5, 0.6) is 0 Å². The van der Waals surface area contributed by atoms with Gasteiger partial charge in [0.05, 0.1) is 5.56 Å². The van der Waals surface area contributed by atoms with Gasteiger partial charge in [0.25, 0.3) is 5.91 Å². The number of esters is 1. The molecule has 0 spiro atoms. The fourth-order valence-electron chi connectivity index (χ4n) is 2.65. The van der Waals surface area contributed by atoms with E-state index in [4.69, 9.17) is 4.74 Å². The zero-order valence-corrected chi connectivity index (χ0v) is 17.8. The van der Waals surface area contributed by atoms with E-state index >= 15 is 0 Å². The van der Waals surface area contributed by atoms with Crippen molar-refractivity contribution in [2.45, 2.75) is 31.8 Å². The Morgan fingerprint density at radius 2 is 1.61 bits per heavy atom. The van der Waals surface area contributed by atoms with Crippen LogP contribution in [0.15, 0.2) is 41.3 Å². The van der Waals surface area contributed by atoms with Gasteiger partial charge in [-0.3, -0.25) is 4.79 Å². The molecule has 1 amide bonds. The van der Waals surface area contributed by atoms with Gasteiger partial charge in [0.1, 0.15) is 28.0 Å². The topological polar surface area (TPSA) is 92.8 Å². The molecule has 1 unspecified atom stereocenters. The summed E-state index contributed by atoms with van der Waals surface area (Å²) in [6, 6.07) is 5.60. The first kappa shape index (κ1) is 24.4. The lowest BCUT2D eigenvalue weighted by Crippen LogP contribution is -2.32. The minimum Gasteiger partial charge on any atom is -0.449 e. The maximum absolute atomic E-state index is 14.2. The van der Waals surface area contributed by atoms with Gasteiger partial charge >= 0.3 is 5.97 Å². The fraction of sp³-hybridized carbons (Fsp3) is 0.300. The zero-order chi connectivity index (χ0) is 23.3. The normalized spacial score (nSPS) is 12.5. The molecule has 0 fully saturated rings. The average Bonchev–Trinajstić information content (AvgIpc) is 2.71. The van der Waals surface area contributed by atoms with Crippen molar-refractivity contribution in [3.63, 3.8) is 0 Å². The number of amides is 1. The summed E-state index contributed by atoms with van der Waals surface area (Å²) in [6.45, 7) is 4.50. The highest BCUT2D eigenvalue weighted by atomic mass is 32.2. The fourth-order valence-corrected chi connectivity index (χ4v) is 4.20. The summed E-state index contributed by atoms with van der Waals surface area (Å²) in [5.41, 5.74) is -1.02. The lowest BCUT2D eigenvalue weighted by molar-refractivity contribution is -0.123. The number of sulfonamides is 1. The third-order valence-corrected chi connectivity index (χ3v) is 6.42. The number of halogens is 3. The van der Waals surface area contributed by atoms with E-state index in [1.165, 1.54) is 0 Å². The summed E-state index contributed by atoms with van der Waals surface area (Å²) >= 11 is 0. The van der Waals surface area contributed by atoms with Gasteiger partial charge in [-0.1, -0.05) is 19.9 Å². The Labute approximate surface area is 177 Å². The highest BCUT2D eigenvalue weighted by Gasteiger charge is 2.28. The minimum absolute atomic E-state index is 0.0940. The van der Waals surface area contributed by atoms with Gasteiger partial charge in [-0.15, -0.1) is 0 Å². The number of carbonyl (C=O) groups excluding carboxylic acids is 2. The van der Waals surface area contributed by atoms with E-state index in [0.717, 1.165) is 47.6 Å². The first-order valence-electron chi connectivity index (χ1n) is 9.28. The number of hydrogen-bond donors (Lipinski definition) is 1. The molecule has 1 atom stereocenters. The van der Waals surface area contributed by atoms with Crippen LogP contribution in [0, 0.1) is 17.5 Å². The second kappa shape index (κ2) is 9.92. The molecule has 0 heterocycles. The van der Waals surface area contributed by atoms with Gasteiger partial charge in [-0.2, -0.15) is 4.31 Å². The number of nitrogens with one attached hydrogen (secondary N) is 1. The van der Waals surface area contributed by atoms with Crippen molar-refractivity contribution < 1.29 is 35.9 Å². The van der Waals surface area contributed by atoms with Crippen LogP contribution in [0.25, 0.3) is 0 Å². The van der Waals surface area contributed by atoms with Gasteiger partial charge in [-0.05, 0) is 37.3 Å². The van der Waals surface area contributed by atoms with Crippen molar-refractivity contribution in [2.24, 2.45) is 0 Å². The van der Waals surface area contributed by atoms with Crippen molar-refractivity contribution in [1.82, 2.24) is 4.31 Å². The number of rotatable bonds is 8. The van der Waals surface area contributed by atoms with Crippen molar-refractivity contribution in [3.05, 3.63) is 59.4 Å². The number of anilines is 1. The summed E-state index contributed by atoms with van der Waals surface area (Å²) in [7, 11) is -4.19. The van der Waals surface area contributed by atoms with E-state index in [2.05, 4.69) is 0 Å². The smallest absolute Gasteiger partial charge is 0.338 e. The molecule has 0 saturated heterocycles. The van der Waals surface area contributed by atoms with Crippen molar-refractivity contribution in [2.75, 3.05) is 18.4 Å². The van der Waals surface area contributed by atoms with Crippen LogP contribution in [0.2, 0.25) is 0 Å². The van der Waals surface area contributed by atoms with Crippen molar-refractivity contribution in [3.8, 4) is 0 Å². The van der Waals surface area contributed by atoms with Gasteiger partial charge in [0.2, 0.25) is 10.0 Å². The molecule has 2 aromatic rings. The van der Waals surface area contributed by atoms with Crippen LogP contribution in [0.3, 0.4) is 0 Å². The van der Waals surface area contributed by atoms with Crippen LogP contribution in [0.4, 0.5) is 18.9 Å². The Morgan fingerprint density at radius 1 is 1.03 bits per heavy atom. The van der Waals surface area contributed by atoms with E-state index in [1.807, 2.05) is 5.32 Å². The number of carbonyl (C=O) groups is 2. The molecule has 31 heavy (non-hydrogen) atoms. The first-order valence-corrected chi connectivity index (χ1v) is 10.7. The SMILES string of the molecule is CCN(CC)S(=O)(=O)c1cc(C(=O)OC(C)C(=O)Nc2c(F)cccc2F)ccc1F. The molecule has 1 N–H and O–H groups in total. The monoisotopic (exact) mass is 458 g/mol. The molecule has 2 aromatic carbocycles. The number of ether oxygens (including phenoxy) is 1. The summed E-state index contributed by atoms with van der Waals surface area (Å²) in [6.07, 6.45) is -1.49. The van der Waals surface area contributed by atoms with Crippen LogP contribution in [-0.2, 0) is 19.6 Å². The maximum atomic E-state index is 14.2. The van der Waals surface area contributed by atoms with Crippen LogP contribution < -0.4 is 5.32 Å². The second-order valence-electron chi connectivity index (χ2n) is 6.37. The molecular weight excluding hydrogens is 437 g/mol. The predicted molar refractivity (Wildman–Crippen MR) is 106 cm³/mol. The Bertz CT molecular complexity index is 1070. The third kappa shape index (κ3) is 5.42. The minimum atomic E-state index is -4.19. The molecule has 0 aliphatic rings. The van der Waals surface area contributed by atoms with Crippen LogP contribution in [0.1, 0.15) is 31.1 Å². The highest BCUT2D eigenvalue weighted by molar-refractivity contribution is 7.89. The number of nitrogens with zero attached hydrogens (tertiary/aromatic N) is 1. The number of para-hydroxylation sites is 1. The summed E-state index contributed by atoms with van der Waals surface area (Å²) < 4.78 is 72.6. The molecule has 0 bridgehead atoms. The van der Waals surface area contributed by atoms with E-state index in [9.17, 15) is 31.2 Å². The predicted octanol–water partition coefficient (Wildman–Crippen LogP) is 3.32. The van der Waals surface area contributed by atoms with Gasteiger partial charge < -0.3 is 10.1 Å². The Balaban J connectivity index is 2.21. The van der Waals surface area contributed by atoms with E-state index in [-0.39, 0.29) is 18.7 Å². The Morgan fingerprint density at radius 3 is 2.16 bits per heavy atom. The second-order valence-corrected chi connectivity index (χ2v) is 8.27. The van der Waals surface area contributed by atoms with Crippen molar-refractivity contribution >= 4 is 27.6 Å². The molecule has 2 rings (SSSR count). The molecular formula is C20H21F3N2O5S. The zero-order valence-electron chi connectivity index (χ0n) is 17.0. The maximum Gasteiger partial charge on any atom is 0.338 e. The molecule has 0 aromatic heterocycles. The highest BCUT2D eigenvalue weighted by Crippen LogP contribution is 2.22. The molecule has 168 valence electrons. The number of benzene rings is 2. The molecule has 0 saturated carbocycles. The number of hydrogen-bond acceptors (Lipinski definition) is 5. The van der Waals surface area contributed by atoms with Crippen LogP contribution >= 0.6 is 0 Å². The Hall–Kier alpha value is -2.92. The molecule has 11 heteroatoms. The molecule has 0 aliphatic heterocycles. The quantitative estimate of drug-likeness (QED) is 0.613. The summed E-state index contributed by atoms with van der Waals surface area (Å²) in [5, 5.41) is 1.98. The Kier molecular flexibility index (Phi) is 7.80. The van der Waals surface area contributed by atoms with Crippen LogP contribution in [-0.4, -0.2) is 43.8 Å². The van der Waals surface area contributed by atoms with E-state index in [0.29, 0.717) is 0 Å². The molecule has 0 radical (unpaired) electrons.